The molecule has 5 heteroatoms. The Hall–Kier alpha value is -2.33. The molecule has 0 aromatic heterocycles. The molecule has 2 rings (SSSR count). The molecular weight excluding hydrogens is 324 g/mol. The zero-order chi connectivity index (χ0) is 17.5. The normalized spacial score (nSPS) is 10.5. The minimum atomic E-state index is -0.221. The van der Waals surface area contributed by atoms with Crippen LogP contribution in [0.1, 0.15) is 42.1 Å². The lowest BCUT2D eigenvalue weighted by atomic mass is 10.0. The van der Waals surface area contributed by atoms with Crippen molar-refractivity contribution in [2.75, 3.05) is 11.9 Å². The number of halogens is 1. The van der Waals surface area contributed by atoms with Crippen LogP contribution in [0.5, 0.6) is 0 Å². The van der Waals surface area contributed by atoms with Crippen molar-refractivity contribution in [2.24, 2.45) is 0 Å². The molecule has 0 unspecified atom stereocenters. The lowest BCUT2D eigenvalue weighted by Crippen LogP contribution is -2.27. The summed E-state index contributed by atoms with van der Waals surface area (Å²) in [5.41, 5.74) is 2.46. The molecule has 4 nitrogen and oxygen atoms in total. The fourth-order valence-electron chi connectivity index (χ4n) is 2.19. The van der Waals surface area contributed by atoms with Crippen LogP contribution in [0.15, 0.2) is 48.5 Å². The Morgan fingerprint density at radius 3 is 2.46 bits per heavy atom. The van der Waals surface area contributed by atoms with Gasteiger partial charge >= 0.3 is 0 Å². The van der Waals surface area contributed by atoms with Crippen molar-refractivity contribution in [3.05, 3.63) is 64.7 Å². The van der Waals surface area contributed by atoms with Crippen LogP contribution in [0, 0.1) is 0 Å². The first kappa shape index (κ1) is 18.0. The van der Waals surface area contributed by atoms with Gasteiger partial charge in [0.05, 0.1) is 0 Å². The third-order valence-electron chi connectivity index (χ3n) is 3.58. The van der Waals surface area contributed by atoms with Gasteiger partial charge < -0.3 is 10.6 Å². The van der Waals surface area contributed by atoms with Gasteiger partial charge in [0.2, 0.25) is 5.91 Å². The lowest BCUT2D eigenvalue weighted by Gasteiger charge is -2.10. The highest BCUT2D eigenvalue weighted by Gasteiger charge is 2.08. The van der Waals surface area contributed by atoms with Gasteiger partial charge in [0, 0.05) is 29.2 Å². The summed E-state index contributed by atoms with van der Waals surface area (Å²) in [6.45, 7) is 4.48. The minimum absolute atomic E-state index is 0.132. The van der Waals surface area contributed by atoms with Crippen LogP contribution in [-0.4, -0.2) is 18.4 Å². The molecule has 0 saturated heterocycles. The molecule has 0 heterocycles. The molecule has 126 valence electrons. The fourth-order valence-corrected chi connectivity index (χ4v) is 2.32. The van der Waals surface area contributed by atoms with Gasteiger partial charge in [-0.2, -0.15) is 0 Å². The van der Waals surface area contributed by atoms with E-state index in [0.717, 1.165) is 5.69 Å². The second-order valence-corrected chi connectivity index (χ2v) is 6.28. The molecule has 24 heavy (non-hydrogen) atoms. The average Bonchev–Trinajstić information content (AvgIpc) is 2.55. The van der Waals surface area contributed by atoms with Gasteiger partial charge in [0.25, 0.3) is 5.91 Å². The Balaban J connectivity index is 1.80. The standard InChI is InChI=1S/C19H21ClN2O2/c1-13(2)15-4-3-5-17(12-15)22-18(23)10-11-21-19(24)14-6-8-16(20)9-7-14/h3-9,12-13H,10-11H2,1-2H3,(H,21,24)(H,22,23). The maximum atomic E-state index is 12.0. The third-order valence-corrected chi connectivity index (χ3v) is 3.83. The summed E-state index contributed by atoms with van der Waals surface area (Å²) >= 11 is 5.79. The van der Waals surface area contributed by atoms with E-state index in [1.165, 1.54) is 5.56 Å². The Morgan fingerprint density at radius 2 is 1.79 bits per heavy atom. The van der Waals surface area contributed by atoms with E-state index in [9.17, 15) is 9.59 Å². The number of amides is 2. The fraction of sp³-hybridized carbons (Fsp3) is 0.263. The van der Waals surface area contributed by atoms with E-state index in [2.05, 4.69) is 24.5 Å². The van der Waals surface area contributed by atoms with Crippen LogP contribution < -0.4 is 10.6 Å². The van der Waals surface area contributed by atoms with E-state index in [0.29, 0.717) is 16.5 Å². The van der Waals surface area contributed by atoms with Crippen LogP contribution in [0.3, 0.4) is 0 Å². The predicted molar refractivity (Wildman–Crippen MR) is 97.6 cm³/mol. The molecule has 0 aliphatic heterocycles. The van der Waals surface area contributed by atoms with Gasteiger partial charge in [0.1, 0.15) is 0 Å². The van der Waals surface area contributed by atoms with Crippen molar-refractivity contribution < 1.29 is 9.59 Å². The first-order valence-corrected chi connectivity index (χ1v) is 8.27. The number of hydrogen-bond donors (Lipinski definition) is 2. The molecule has 0 fully saturated rings. The van der Waals surface area contributed by atoms with Gasteiger partial charge in [-0.3, -0.25) is 9.59 Å². The topological polar surface area (TPSA) is 58.2 Å². The van der Waals surface area contributed by atoms with Crippen LogP contribution in [0.2, 0.25) is 5.02 Å². The van der Waals surface area contributed by atoms with Gasteiger partial charge in [0.15, 0.2) is 0 Å². The zero-order valence-corrected chi connectivity index (χ0v) is 14.6. The van der Waals surface area contributed by atoms with Gasteiger partial charge in [-0.1, -0.05) is 37.6 Å². The van der Waals surface area contributed by atoms with E-state index < -0.39 is 0 Å². The van der Waals surface area contributed by atoms with E-state index in [-0.39, 0.29) is 24.8 Å². The van der Waals surface area contributed by atoms with Crippen LogP contribution in [0.25, 0.3) is 0 Å². The van der Waals surface area contributed by atoms with Crippen molar-refractivity contribution in [3.8, 4) is 0 Å². The van der Waals surface area contributed by atoms with Crippen LogP contribution in [0.4, 0.5) is 5.69 Å². The van der Waals surface area contributed by atoms with Crippen molar-refractivity contribution >= 4 is 29.1 Å². The maximum Gasteiger partial charge on any atom is 0.251 e. The number of benzene rings is 2. The van der Waals surface area contributed by atoms with E-state index in [4.69, 9.17) is 11.6 Å². The van der Waals surface area contributed by atoms with Crippen molar-refractivity contribution in [2.45, 2.75) is 26.2 Å². The summed E-state index contributed by atoms with van der Waals surface area (Å²) in [7, 11) is 0. The summed E-state index contributed by atoms with van der Waals surface area (Å²) < 4.78 is 0. The Bertz CT molecular complexity index is 712. The van der Waals surface area contributed by atoms with Gasteiger partial charge in [-0.15, -0.1) is 0 Å². The van der Waals surface area contributed by atoms with E-state index in [1.807, 2.05) is 24.3 Å². The van der Waals surface area contributed by atoms with E-state index in [1.54, 1.807) is 24.3 Å². The molecule has 0 atom stereocenters. The molecule has 0 radical (unpaired) electrons. The largest absolute Gasteiger partial charge is 0.352 e. The number of hydrogen-bond acceptors (Lipinski definition) is 2. The summed E-state index contributed by atoms with van der Waals surface area (Å²) in [5.74, 6) is 0.0501. The van der Waals surface area contributed by atoms with Crippen LogP contribution >= 0.6 is 11.6 Å². The van der Waals surface area contributed by atoms with Crippen molar-refractivity contribution in [3.63, 3.8) is 0 Å². The number of rotatable bonds is 6. The molecule has 0 aliphatic carbocycles. The third kappa shape index (κ3) is 5.39. The van der Waals surface area contributed by atoms with E-state index >= 15 is 0 Å². The number of nitrogens with one attached hydrogen (secondary N) is 2. The maximum absolute atomic E-state index is 12.0. The highest BCUT2D eigenvalue weighted by atomic mass is 35.5. The SMILES string of the molecule is CC(C)c1cccc(NC(=O)CCNC(=O)c2ccc(Cl)cc2)c1. The predicted octanol–water partition coefficient (Wildman–Crippen LogP) is 4.22. The molecule has 0 aliphatic rings. The molecule has 0 spiro atoms. The second-order valence-electron chi connectivity index (χ2n) is 5.84. The van der Waals surface area contributed by atoms with Gasteiger partial charge in [-0.25, -0.2) is 0 Å². The highest BCUT2D eigenvalue weighted by molar-refractivity contribution is 6.30. The summed E-state index contributed by atoms with van der Waals surface area (Å²) in [6, 6.07) is 14.4. The average molecular weight is 345 g/mol. The van der Waals surface area contributed by atoms with Crippen molar-refractivity contribution in [1.82, 2.24) is 5.32 Å². The molecular formula is C19H21ClN2O2. The summed E-state index contributed by atoms with van der Waals surface area (Å²) in [4.78, 5) is 23.9. The quantitative estimate of drug-likeness (QED) is 0.824. The monoisotopic (exact) mass is 344 g/mol. The molecule has 2 N–H and O–H groups in total. The smallest absolute Gasteiger partial charge is 0.251 e. The number of anilines is 1. The minimum Gasteiger partial charge on any atom is -0.352 e. The Kier molecular flexibility index (Phi) is 6.38. The Labute approximate surface area is 147 Å². The molecule has 2 aromatic carbocycles. The molecule has 0 saturated carbocycles. The first-order valence-electron chi connectivity index (χ1n) is 7.89. The van der Waals surface area contributed by atoms with Crippen LogP contribution in [-0.2, 0) is 4.79 Å². The van der Waals surface area contributed by atoms with Gasteiger partial charge in [-0.05, 0) is 47.9 Å². The summed E-state index contributed by atoms with van der Waals surface area (Å²) in [5, 5.41) is 6.15. The molecule has 0 bridgehead atoms. The Morgan fingerprint density at radius 1 is 1.08 bits per heavy atom. The zero-order valence-electron chi connectivity index (χ0n) is 13.8. The number of carbonyl (C=O) groups excluding carboxylic acids is 2. The highest BCUT2D eigenvalue weighted by Crippen LogP contribution is 2.18. The first-order chi connectivity index (χ1) is 11.5. The van der Waals surface area contributed by atoms with Crippen molar-refractivity contribution in [1.29, 1.82) is 0 Å². The number of carbonyl (C=O) groups is 2. The second kappa shape index (κ2) is 8.50. The molecule has 2 aromatic rings. The summed E-state index contributed by atoms with van der Waals surface area (Å²) in [6.07, 6.45) is 0.214. The lowest BCUT2D eigenvalue weighted by molar-refractivity contribution is -0.116. The molecule has 2 amide bonds.